The van der Waals surface area contributed by atoms with E-state index in [1.165, 1.54) is 12.1 Å². The number of rotatable bonds is 1. The summed E-state index contributed by atoms with van der Waals surface area (Å²) in [5, 5.41) is 7.70. The van der Waals surface area contributed by atoms with Crippen LogP contribution in [0.2, 0.25) is 0 Å². The van der Waals surface area contributed by atoms with E-state index >= 15 is 0 Å². The molecule has 0 spiro atoms. The molecule has 29 heavy (non-hydrogen) atoms. The fourth-order valence-corrected chi connectivity index (χ4v) is 4.56. The van der Waals surface area contributed by atoms with Crippen LogP contribution in [-0.4, -0.2) is 25.4 Å². The van der Waals surface area contributed by atoms with Gasteiger partial charge in [-0.25, -0.2) is 4.39 Å². The van der Waals surface area contributed by atoms with E-state index in [2.05, 4.69) is 26.5 Å². The number of allylic oxidation sites excluding steroid dienone is 2. The van der Waals surface area contributed by atoms with E-state index in [1.54, 1.807) is 23.6 Å². The lowest BCUT2D eigenvalue weighted by Crippen LogP contribution is -2.42. The van der Waals surface area contributed by atoms with E-state index in [1.807, 2.05) is 13.8 Å². The van der Waals surface area contributed by atoms with Crippen molar-refractivity contribution in [3.05, 3.63) is 69.2 Å². The van der Waals surface area contributed by atoms with Gasteiger partial charge in [-0.2, -0.15) is 9.50 Å². The van der Waals surface area contributed by atoms with Gasteiger partial charge in [0.15, 0.2) is 0 Å². The van der Waals surface area contributed by atoms with Gasteiger partial charge in [0.1, 0.15) is 23.2 Å². The molecule has 0 amide bonds. The predicted octanol–water partition coefficient (Wildman–Crippen LogP) is 2.92. The number of Topliss-reactive ketones (excluding diaryl/α,β-unsaturated/α-hetero) is 1. The van der Waals surface area contributed by atoms with Crippen molar-refractivity contribution in [2.45, 2.75) is 33.1 Å². The van der Waals surface area contributed by atoms with Crippen molar-refractivity contribution in [1.82, 2.24) is 19.6 Å². The zero-order valence-electron chi connectivity index (χ0n) is 16.3. The Balaban J connectivity index is 1.85. The number of ketones is 1. The summed E-state index contributed by atoms with van der Waals surface area (Å²) in [6.07, 6.45) is 2.42. The van der Waals surface area contributed by atoms with Crippen molar-refractivity contribution >= 4 is 17.4 Å². The summed E-state index contributed by atoms with van der Waals surface area (Å²) in [5.41, 5.74) is 1.22. The Morgan fingerprint density at radius 2 is 1.90 bits per heavy atom. The van der Waals surface area contributed by atoms with Gasteiger partial charge in [0.25, 0.3) is 5.56 Å². The van der Waals surface area contributed by atoms with Crippen LogP contribution < -0.4 is 10.9 Å². The standard InChI is InChI=1S/C21H20FN5O2/c1-10-23-20-25-19(29)17-15(11-4-6-12(22)7-5-11)16-13(24-18(17)27(20)26-10)8-21(2,3)9-14(16)28/h4-8,15-16,24H,9H2,1-3H3,(H,23,25,26,29)/t15-,16-/m1/s1. The van der Waals surface area contributed by atoms with Gasteiger partial charge >= 0.3 is 0 Å². The fraction of sp³-hybridized carbons (Fsp3) is 0.333. The number of carbonyl (C=O) groups excluding carboxylic acids is 1. The summed E-state index contributed by atoms with van der Waals surface area (Å²) in [6, 6.07) is 5.97. The summed E-state index contributed by atoms with van der Waals surface area (Å²) in [5.74, 6) is -0.0575. The van der Waals surface area contributed by atoms with E-state index in [0.29, 0.717) is 35.0 Å². The number of halogens is 1. The minimum Gasteiger partial charge on any atom is -0.343 e. The predicted molar refractivity (Wildman–Crippen MR) is 105 cm³/mol. The molecule has 5 rings (SSSR count). The highest BCUT2D eigenvalue weighted by Gasteiger charge is 2.45. The van der Waals surface area contributed by atoms with Crippen molar-refractivity contribution < 1.29 is 9.18 Å². The third-order valence-electron chi connectivity index (χ3n) is 5.64. The van der Waals surface area contributed by atoms with Crippen LogP contribution in [0, 0.1) is 24.1 Å². The molecule has 0 radical (unpaired) electrons. The van der Waals surface area contributed by atoms with Crippen LogP contribution >= 0.6 is 0 Å². The summed E-state index contributed by atoms with van der Waals surface area (Å²) in [4.78, 5) is 33.3. The molecule has 2 atom stereocenters. The maximum Gasteiger partial charge on any atom is 0.258 e. The number of benzene rings is 1. The first-order chi connectivity index (χ1) is 13.7. The lowest BCUT2D eigenvalue weighted by Gasteiger charge is -2.40. The molecule has 2 aromatic heterocycles. The smallest absolute Gasteiger partial charge is 0.258 e. The van der Waals surface area contributed by atoms with Gasteiger partial charge in [0.2, 0.25) is 5.78 Å². The van der Waals surface area contributed by atoms with Gasteiger partial charge in [0.05, 0.1) is 11.5 Å². The molecule has 3 aromatic rings. The molecule has 3 heterocycles. The SMILES string of the molecule is Cc1nc2[nH]c(=O)c3c(n2n1)NC1=CC(C)(C)CC(=O)[C@@H]1[C@H]3c1ccc(F)cc1. The molecule has 148 valence electrons. The molecule has 1 aliphatic heterocycles. The lowest BCUT2D eigenvalue weighted by atomic mass is 9.67. The quantitative estimate of drug-likeness (QED) is 0.663. The molecule has 0 unspecified atom stereocenters. The van der Waals surface area contributed by atoms with Crippen LogP contribution in [0.3, 0.4) is 0 Å². The maximum atomic E-state index is 13.6. The lowest BCUT2D eigenvalue weighted by molar-refractivity contribution is -0.124. The van der Waals surface area contributed by atoms with Crippen molar-refractivity contribution in [2.24, 2.45) is 11.3 Å². The number of carbonyl (C=O) groups is 1. The first-order valence-electron chi connectivity index (χ1n) is 9.51. The second kappa shape index (κ2) is 5.85. The number of fused-ring (bicyclic) bond motifs is 4. The molecule has 7 nitrogen and oxygen atoms in total. The van der Waals surface area contributed by atoms with Crippen molar-refractivity contribution in [3.63, 3.8) is 0 Å². The van der Waals surface area contributed by atoms with Gasteiger partial charge < -0.3 is 5.32 Å². The average molecular weight is 393 g/mol. The topological polar surface area (TPSA) is 92.2 Å². The Labute approximate surface area is 165 Å². The molecule has 8 heteroatoms. The Kier molecular flexibility index (Phi) is 3.59. The molecular formula is C21H20FN5O2. The molecule has 0 fully saturated rings. The summed E-state index contributed by atoms with van der Waals surface area (Å²) in [7, 11) is 0. The van der Waals surface area contributed by atoms with E-state index in [-0.39, 0.29) is 22.6 Å². The average Bonchev–Trinajstić information content (AvgIpc) is 3.00. The Morgan fingerprint density at radius 1 is 1.17 bits per heavy atom. The number of hydrogen-bond donors (Lipinski definition) is 2. The minimum atomic E-state index is -0.542. The summed E-state index contributed by atoms with van der Waals surface area (Å²) in [6.45, 7) is 5.75. The van der Waals surface area contributed by atoms with Gasteiger partial charge in [-0.05, 0) is 30.0 Å². The summed E-state index contributed by atoms with van der Waals surface area (Å²) < 4.78 is 15.1. The Bertz CT molecular complexity index is 1250. The second-order valence-electron chi connectivity index (χ2n) is 8.47. The normalized spacial score (nSPS) is 22.6. The van der Waals surface area contributed by atoms with E-state index in [0.717, 1.165) is 5.70 Å². The molecule has 0 saturated heterocycles. The molecule has 0 bridgehead atoms. The second-order valence-corrected chi connectivity index (χ2v) is 8.47. The van der Waals surface area contributed by atoms with E-state index in [4.69, 9.17) is 0 Å². The zero-order valence-corrected chi connectivity index (χ0v) is 16.3. The maximum absolute atomic E-state index is 13.6. The highest BCUT2D eigenvalue weighted by Crippen LogP contribution is 2.48. The largest absolute Gasteiger partial charge is 0.343 e. The molecule has 1 aliphatic carbocycles. The number of aromatic amines is 1. The first-order valence-corrected chi connectivity index (χ1v) is 9.51. The number of nitrogens with one attached hydrogen (secondary N) is 2. The fourth-order valence-electron chi connectivity index (χ4n) is 4.56. The molecule has 2 N–H and O–H groups in total. The van der Waals surface area contributed by atoms with E-state index < -0.39 is 11.8 Å². The van der Waals surface area contributed by atoms with Crippen molar-refractivity contribution in [3.8, 4) is 0 Å². The summed E-state index contributed by atoms with van der Waals surface area (Å²) >= 11 is 0. The number of aryl methyl sites for hydroxylation is 1. The Morgan fingerprint density at radius 3 is 2.62 bits per heavy atom. The number of H-pyrrole nitrogens is 1. The van der Waals surface area contributed by atoms with Crippen LogP contribution in [0.4, 0.5) is 10.2 Å². The van der Waals surface area contributed by atoms with Gasteiger partial charge in [0, 0.05) is 18.0 Å². The molecule has 1 aromatic carbocycles. The van der Waals surface area contributed by atoms with Crippen LogP contribution in [0.25, 0.3) is 5.78 Å². The van der Waals surface area contributed by atoms with Crippen LogP contribution in [0.15, 0.2) is 40.8 Å². The van der Waals surface area contributed by atoms with Crippen molar-refractivity contribution in [2.75, 3.05) is 5.32 Å². The van der Waals surface area contributed by atoms with Crippen molar-refractivity contribution in [1.29, 1.82) is 0 Å². The third-order valence-corrected chi connectivity index (χ3v) is 5.64. The molecular weight excluding hydrogens is 373 g/mol. The zero-order chi connectivity index (χ0) is 20.5. The van der Waals surface area contributed by atoms with Gasteiger partial charge in [-0.1, -0.05) is 32.1 Å². The number of hydrogen-bond acceptors (Lipinski definition) is 5. The monoisotopic (exact) mass is 393 g/mol. The highest BCUT2D eigenvalue weighted by atomic mass is 19.1. The number of nitrogens with zero attached hydrogens (tertiary/aromatic N) is 3. The van der Waals surface area contributed by atoms with Crippen LogP contribution in [-0.2, 0) is 4.79 Å². The minimum absolute atomic E-state index is 0.0502. The number of aromatic nitrogens is 4. The highest BCUT2D eigenvalue weighted by molar-refractivity contribution is 5.90. The molecule has 0 saturated carbocycles. The van der Waals surface area contributed by atoms with Crippen LogP contribution in [0.5, 0.6) is 0 Å². The van der Waals surface area contributed by atoms with Gasteiger partial charge in [-0.3, -0.25) is 14.6 Å². The van der Waals surface area contributed by atoms with E-state index in [9.17, 15) is 14.0 Å². The molecule has 2 aliphatic rings. The van der Waals surface area contributed by atoms with Gasteiger partial charge in [-0.15, -0.1) is 5.10 Å². The Hall–Kier alpha value is -3.29. The van der Waals surface area contributed by atoms with Crippen LogP contribution in [0.1, 0.15) is 43.1 Å². The number of anilines is 1. The first kappa shape index (κ1) is 17.8. The third kappa shape index (κ3) is 2.70.